The lowest BCUT2D eigenvalue weighted by atomic mass is 10.2. The Morgan fingerprint density at radius 2 is 2.08 bits per heavy atom. The maximum Gasteiger partial charge on any atom is 0.166 e. The van der Waals surface area contributed by atoms with Gasteiger partial charge in [0.2, 0.25) is 0 Å². The van der Waals surface area contributed by atoms with Crippen LogP contribution in [-0.2, 0) is 6.42 Å². The van der Waals surface area contributed by atoms with E-state index in [1.54, 1.807) is 0 Å². The van der Waals surface area contributed by atoms with E-state index in [1.807, 2.05) is 0 Å². The molecule has 0 saturated heterocycles. The summed E-state index contributed by atoms with van der Waals surface area (Å²) in [4.78, 5) is 3.63. The molecule has 1 heterocycles. The predicted octanol–water partition coefficient (Wildman–Crippen LogP) is 3.46. The van der Waals surface area contributed by atoms with Gasteiger partial charge in [0, 0.05) is 5.33 Å². The number of aromatic nitrogens is 1. The van der Waals surface area contributed by atoms with Gasteiger partial charge in [-0.3, -0.25) is 0 Å². The molecule has 0 aliphatic heterocycles. The molecule has 1 rings (SSSR count). The Labute approximate surface area is 88.0 Å². The monoisotopic (exact) mass is 271 g/mol. The van der Waals surface area contributed by atoms with Gasteiger partial charge in [-0.2, -0.15) is 0 Å². The molecular formula is C7H5BrCl2FN. The molecule has 1 aromatic heterocycles. The summed E-state index contributed by atoms with van der Waals surface area (Å²) in [7, 11) is 0. The van der Waals surface area contributed by atoms with Gasteiger partial charge in [-0.25, -0.2) is 9.37 Å². The number of hydrogen-bond acceptors (Lipinski definition) is 1. The number of aryl methyl sites for hydroxylation is 1. The smallest absolute Gasteiger partial charge is 0.166 e. The van der Waals surface area contributed by atoms with E-state index in [-0.39, 0.29) is 10.3 Å². The van der Waals surface area contributed by atoms with Crippen molar-refractivity contribution in [2.75, 3.05) is 5.33 Å². The van der Waals surface area contributed by atoms with Crippen molar-refractivity contribution < 1.29 is 4.39 Å². The topological polar surface area (TPSA) is 12.9 Å². The van der Waals surface area contributed by atoms with Crippen molar-refractivity contribution in [2.45, 2.75) is 6.42 Å². The predicted molar refractivity (Wildman–Crippen MR) is 51.7 cm³/mol. The molecule has 0 spiro atoms. The van der Waals surface area contributed by atoms with Crippen molar-refractivity contribution in [2.24, 2.45) is 0 Å². The number of alkyl halides is 1. The fourth-order valence-electron chi connectivity index (χ4n) is 0.761. The lowest BCUT2D eigenvalue weighted by molar-refractivity contribution is 0.619. The fraction of sp³-hybridized carbons (Fsp3) is 0.286. The van der Waals surface area contributed by atoms with Crippen LogP contribution in [0.5, 0.6) is 0 Å². The third-order valence-electron chi connectivity index (χ3n) is 1.32. The molecule has 1 aromatic rings. The molecular weight excluding hydrogens is 268 g/mol. The minimum absolute atomic E-state index is 0.182. The summed E-state index contributed by atoms with van der Waals surface area (Å²) in [5.74, 6) is -0.531. The molecule has 0 aliphatic rings. The van der Waals surface area contributed by atoms with E-state index < -0.39 is 5.82 Å². The molecule has 1 nitrogen and oxygen atoms in total. The maximum atomic E-state index is 12.8. The molecule has 0 amide bonds. The highest BCUT2D eigenvalue weighted by Crippen LogP contribution is 2.20. The summed E-state index contributed by atoms with van der Waals surface area (Å²) >= 11 is 14.3. The summed E-state index contributed by atoms with van der Waals surface area (Å²) in [6.45, 7) is 0. The first-order valence-electron chi connectivity index (χ1n) is 3.21. The van der Waals surface area contributed by atoms with Gasteiger partial charge < -0.3 is 0 Å². The van der Waals surface area contributed by atoms with Gasteiger partial charge in [0.05, 0.1) is 0 Å². The summed E-state index contributed by atoms with van der Waals surface area (Å²) in [6, 6.07) is 1.30. The molecule has 5 heteroatoms. The second-order valence-electron chi connectivity index (χ2n) is 2.15. The summed E-state index contributed by atoms with van der Waals surface area (Å²) in [5.41, 5.74) is 0.662. The van der Waals surface area contributed by atoms with E-state index in [4.69, 9.17) is 23.2 Å². The van der Waals surface area contributed by atoms with E-state index in [0.29, 0.717) is 12.0 Å². The van der Waals surface area contributed by atoms with Crippen LogP contribution in [0.15, 0.2) is 6.07 Å². The average Bonchev–Trinajstić information content (AvgIpc) is 2.01. The molecule has 0 unspecified atom stereocenters. The number of halogens is 4. The Morgan fingerprint density at radius 3 is 2.67 bits per heavy atom. The van der Waals surface area contributed by atoms with Gasteiger partial charge in [-0.05, 0) is 18.1 Å². The van der Waals surface area contributed by atoms with Crippen LogP contribution in [0.25, 0.3) is 0 Å². The molecule has 66 valence electrons. The van der Waals surface area contributed by atoms with Gasteiger partial charge in [-0.15, -0.1) is 0 Å². The molecule has 0 bridgehead atoms. The van der Waals surface area contributed by atoms with Crippen molar-refractivity contribution in [3.05, 3.63) is 27.8 Å². The summed E-state index contributed by atoms with van der Waals surface area (Å²) < 4.78 is 12.8. The molecule has 12 heavy (non-hydrogen) atoms. The van der Waals surface area contributed by atoms with Gasteiger partial charge in [0.15, 0.2) is 11.0 Å². The van der Waals surface area contributed by atoms with Gasteiger partial charge in [0.25, 0.3) is 0 Å². The number of hydrogen-bond donors (Lipinski definition) is 0. The maximum absolute atomic E-state index is 12.8. The second-order valence-corrected chi connectivity index (χ2v) is 3.66. The van der Waals surface area contributed by atoms with E-state index in [1.165, 1.54) is 6.07 Å². The van der Waals surface area contributed by atoms with Gasteiger partial charge >= 0.3 is 0 Å². The van der Waals surface area contributed by atoms with E-state index in [2.05, 4.69) is 20.9 Å². The Hall–Kier alpha value is 0.140. The minimum Gasteiger partial charge on any atom is -0.221 e. The Morgan fingerprint density at radius 1 is 1.42 bits per heavy atom. The largest absolute Gasteiger partial charge is 0.221 e. The zero-order valence-electron chi connectivity index (χ0n) is 5.95. The second kappa shape index (κ2) is 4.40. The van der Waals surface area contributed by atoms with Crippen LogP contribution in [0.3, 0.4) is 0 Å². The highest BCUT2D eigenvalue weighted by atomic mass is 79.9. The highest BCUT2D eigenvalue weighted by Gasteiger charge is 2.07. The third-order valence-corrected chi connectivity index (χ3v) is 2.31. The number of pyridine rings is 1. The highest BCUT2D eigenvalue weighted by molar-refractivity contribution is 9.09. The average molecular weight is 273 g/mol. The molecule has 0 atom stereocenters. The molecule has 0 radical (unpaired) electrons. The third kappa shape index (κ3) is 2.31. The van der Waals surface area contributed by atoms with Crippen LogP contribution in [-0.4, -0.2) is 10.3 Å². The Bertz CT molecular complexity index is 293. The minimum atomic E-state index is -0.531. The fourth-order valence-corrected chi connectivity index (χ4v) is 1.60. The van der Waals surface area contributed by atoms with Crippen molar-refractivity contribution in [3.63, 3.8) is 0 Å². The number of rotatable bonds is 2. The first kappa shape index (κ1) is 10.2. The molecule has 0 N–H and O–H groups in total. The van der Waals surface area contributed by atoms with Gasteiger partial charge in [0.1, 0.15) is 5.15 Å². The Balaban J connectivity index is 3.05. The standard InChI is InChI=1S/C7H5BrCl2FN/c8-2-1-4-3-5(11)7(10)12-6(4)9/h3H,1-2H2. The van der Waals surface area contributed by atoms with Crippen LogP contribution < -0.4 is 0 Å². The normalized spacial score (nSPS) is 10.3. The molecule has 0 aliphatic carbocycles. The van der Waals surface area contributed by atoms with Crippen molar-refractivity contribution in [3.8, 4) is 0 Å². The first-order valence-corrected chi connectivity index (χ1v) is 5.09. The van der Waals surface area contributed by atoms with Crippen LogP contribution in [0, 0.1) is 5.82 Å². The molecule has 0 fully saturated rings. The van der Waals surface area contributed by atoms with Crippen molar-refractivity contribution >= 4 is 39.1 Å². The van der Waals surface area contributed by atoms with E-state index in [0.717, 1.165) is 5.33 Å². The van der Waals surface area contributed by atoms with Crippen LogP contribution in [0.1, 0.15) is 5.56 Å². The van der Waals surface area contributed by atoms with Crippen LogP contribution >= 0.6 is 39.1 Å². The Kier molecular flexibility index (Phi) is 3.75. The molecule has 0 aromatic carbocycles. The van der Waals surface area contributed by atoms with Crippen molar-refractivity contribution in [1.82, 2.24) is 4.98 Å². The SMILES string of the molecule is Fc1cc(CCBr)c(Cl)nc1Cl. The number of nitrogens with zero attached hydrogens (tertiary/aromatic N) is 1. The first-order chi connectivity index (χ1) is 5.65. The quantitative estimate of drug-likeness (QED) is 0.594. The van der Waals surface area contributed by atoms with Gasteiger partial charge in [-0.1, -0.05) is 39.1 Å². The summed E-state index contributed by atoms with van der Waals surface area (Å²) in [5, 5.41) is 0.800. The lowest BCUT2D eigenvalue weighted by Crippen LogP contribution is -1.93. The van der Waals surface area contributed by atoms with E-state index >= 15 is 0 Å². The van der Waals surface area contributed by atoms with Crippen LogP contribution in [0.2, 0.25) is 10.3 Å². The van der Waals surface area contributed by atoms with Crippen molar-refractivity contribution in [1.29, 1.82) is 0 Å². The van der Waals surface area contributed by atoms with Crippen LogP contribution in [0.4, 0.5) is 4.39 Å². The summed E-state index contributed by atoms with van der Waals surface area (Å²) in [6.07, 6.45) is 0.639. The zero-order valence-corrected chi connectivity index (χ0v) is 9.05. The zero-order chi connectivity index (χ0) is 9.14. The molecule has 0 saturated carbocycles. The van der Waals surface area contributed by atoms with E-state index in [9.17, 15) is 4.39 Å². The lowest BCUT2D eigenvalue weighted by Gasteiger charge is -2.01.